The SMILES string of the molecule is O=S(=O)(OC1(O)C=Nc2ccccc21)OC1(O)C=Nc2ccccc21. The van der Waals surface area contributed by atoms with Gasteiger partial charge in [-0.1, -0.05) is 36.4 Å². The quantitative estimate of drug-likeness (QED) is 0.796. The van der Waals surface area contributed by atoms with Crippen molar-refractivity contribution in [3.05, 3.63) is 59.7 Å². The lowest BCUT2D eigenvalue weighted by Crippen LogP contribution is -2.38. The predicted molar refractivity (Wildman–Crippen MR) is 88.1 cm³/mol. The summed E-state index contributed by atoms with van der Waals surface area (Å²) in [4.78, 5) is 7.83. The van der Waals surface area contributed by atoms with Crippen LogP contribution in [0.3, 0.4) is 0 Å². The lowest BCUT2D eigenvalue weighted by molar-refractivity contribution is -0.115. The number of benzene rings is 2. The van der Waals surface area contributed by atoms with Gasteiger partial charge in [0.25, 0.3) is 11.6 Å². The van der Waals surface area contributed by atoms with Crippen LogP contribution in [0.1, 0.15) is 11.1 Å². The maximum atomic E-state index is 12.3. The van der Waals surface area contributed by atoms with E-state index >= 15 is 0 Å². The van der Waals surface area contributed by atoms with Gasteiger partial charge in [0.15, 0.2) is 0 Å². The summed E-state index contributed by atoms with van der Waals surface area (Å²) in [5.41, 5.74) is 1.03. The third kappa shape index (κ3) is 2.68. The lowest BCUT2D eigenvalue weighted by Gasteiger charge is -2.24. The topological polar surface area (TPSA) is 118 Å². The van der Waals surface area contributed by atoms with E-state index < -0.39 is 22.0 Å². The molecule has 2 atom stereocenters. The minimum atomic E-state index is -4.83. The van der Waals surface area contributed by atoms with E-state index in [-0.39, 0.29) is 11.1 Å². The summed E-state index contributed by atoms with van der Waals surface area (Å²) < 4.78 is 34.1. The first-order valence-electron chi connectivity index (χ1n) is 7.22. The Morgan fingerprint density at radius 1 is 0.760 bits per heavy atom. The fraction of sp³-hybridized carbons (Fsp3) is 0.125. The van der Waals surface area contributed by atoms with Gasteiger partial charge in [0.05, 0.1) is 23.8 Å². The Balaban J connectivity index is 1.62. The minimum Gasteiger partial charge on any atom is -0.356 e. The van der Waals surface area contributed by atoms with Gasteiger partial charge in [0, 0.05) is 11.1 Å². The standard InChI is InChI=1S/C16H12N2O6S/c19-15(9-17-13-7-3-1-5-11(13)15)23-25(21,22)24-16(20)10-18-14-8-4-2-6-12(14)16/h1-10,19-20H. The fourth-order valence-corrected chi connectivity index (χ4v) is 3.61. The third-order valence-electron chi connectivity index (χ3n) is 3.80. The highest BCUT2D eigenvalue weighted by Crippen LogP contribution is 2.40. The molecule has 2 N–H and O–H groups in total. The Hall–Kier alpha value is -2.43. The van der Waals surface area contributed by atoms with Crippen molar-refractivity contribution >= 4 is 34.2 Å². The van der Waals surface area contributed by atoms with Gasteiger partial charge in [-0.3, -0.25) is 9.98 Å². The molecule has 128 valence electrons. The predicted octanol–water partition coefficient (Wildman–Crippen LogP) is 1.39. The van der Waals surface area contributed by atoms with Crippen molar-refractivity contribution in [2.75, 3.05) is 0 Å². The maximum Gasteiger partial charge on any atom is 0.406 e. The minimum absolute atomic E-state index is 0.148. The van der Waals surface area contributed by atoms with Crippen molar-refractivity contribution in [1.82, 2.24) is 0 Å². The molecule has 25 heavy (non-hydrogen) atoms. The van der Waals surface area contributed by atoms with Gasteiger partial charge in [0.2, 0.25) is 0 Å². The zero-order chi connectivity index (χ0) is 17.7. The van der Waals surface area contributed by atoms with E-state index in [4.69, 9.17) is 8.37 Å². The molecule has 0 amide bonds. The van der Waals surface area contributed by atoms with Gasteiger partial charge in [0.1, 0.15) is 0 Å². The van der Waals surface area contributed by atoms with Crippen LogP contribution in [0.15, 0.2) is 58.5 Å². The highest BCUT2D eigenvalue weighted by molar-refractivity contribution is 7.82. The molecule has 0 bridgehead atoms. The molecule has 2 aromatic rings. The molecule has 0 radical (unpaired) electrons. The number of para-hydroxylation sites is 2. The van der Waals surface area contributed by atoms with Crippen LogP contribution >= 0.6 is 0 Å². The van der Waals surface area contributed by atoms with E-state index in [1.807, 2.05) is 0 Å². The van der Waals surface area contributed by atoms with Crippen molar-refractivity contribution in [3.63, 3.8) is 0 Å². The van der Waals surface area contributed by atoms with E-state index in [9.17, 15) is 18.6 Å². The van der Waals surface area contributed by atoms with Gasteiger partial charge in [-0.05, 0) is 12.1 Å². The van der Waals surface area contributed by atoms with Crippen LogP contribution in [0.2, 0.25) is 0 Å². The fourth-order valence-electron chi connectivity index (χ4n) is 2.69. The Morgan fingerprint density at radius 2 is 1.16 bits per heavy atom. The molecule has 8 nitrogen and oxygen atoms in total. The van der Waals surface area contributed by atoms with Gasteiger partial charge in [-0.15, -0.1) is 0 Å². The first-order valence-corrected chi connectivity index (χ1v) is 8.55. The van der Waals surface area contributed by atoms with Gasteiger partial charge in [-0.25, -0.2) is 8.37 Å². The number of hydrogen-bond donors (Lipinski definition) is 2. The molecule has 2 aliphatic rings. The molecule has 9 heteroatoms. The van der Waals surface area contributed by atoms with Crippen LogP contribution in [-0.4, -0.2) is 31.1 Å². The monoisotopic (exact) mass is 360 g/mol. The van der Waals surface area contributed by atoms with E-state index in [0.29, 0.717) is 11.4 Å². The van der Waals surface area contributed by atoms with Crippen molar-refractivity contribution in [2.45, 2.75) is 11.6 Å². The van der Waals surface area contributed by atoms with E-state index in [1.165, 1.54) is 12.1 Å². The lowest BCUT2D eigenvalue weighted by atomic mass is 10.1. The van der Waals surface area contributed by atoms with Crippen LogP contribution < -0.4 is 0 Å². The summed E-state index contributed by atoms with van der Waals surface area (Å²) in [6.45, 7) is 0. The number of nitrogens with zero attached hydrogens (tertiary/aromatic N) is 2. The molecular formula is C16H12N2O6S. The number of aliphatic hydroxyl groups is 2. The van der Waals surface area contributed by atoms with Crippen LogP contribution in [-0.2, 0) is 30.3 Å². The van der Waals surface area contributed by atoms with Gasteiger partial charge < -0.3 is 10.2 Å². The summed E-state index contributed by atoms with van der Waals surface area (Å²) in [6, 6.07) is 12.7. The number of rotatable bonds is 4. The Bertz CT molecular complexity index is 943. The number of fused-ring (bicyclic) bond motifs is 2. The highest BCUT2D eigenvalue weighted by atomic mass is 32.3. The molecule has 2 aliphatic heterocycles. The first-order chi connectivity index (χ1) is 11.8. The van der Waals surface area contributed by atoms with E-state index in [1.54, 1.807) is 36.4 Å². The molecule has 0 saturated heterocycles. The van der Waals surface area contributed by atoms with E-state index in [0.717, 1.165) is 12.4 Å². The van der Waals surface area contributed by atoms with Crippen molar-refractivity contribution in [2.24, 2.45) is 9.98 Å². The second-order valence-electron chi connectivity index (χ2n) is 5.52. The van der Waals surface area contributed by atoms with Gasteiger partial charge in [-0.2, -0.15) is 8.42 Å². The molecule has 0 saturated carbocycles. The van der Waals surface area contributed by atoms with Crippen molar-refractivity contribution < 1.29 is 27.0 Å². The number of hydrogen-bond acceptors (Lipinski definition) is 8. The van der Waals surface area contributed by atoms with Crippen molar-refractivity contribution in [1.29, 1.82) is 0 Å². The average Bonchev–Trinajstić information content (AvgIpc) is 3.06. The largest absolute Gasteiger partial charge is 0.406 e. The Labute approximate surface area is 143 Å². The highest BCUT2D eigenvalue weighted by Gasteiger charge is 2.46. The normalized spacial score (nSPS) is 26.6. The molecule has 2 unspecified atom stereocenters. The maximum absolute atomic E-state index is 12.3. The summed E-state index contributed by atoms with van der Waals surface area (Å²) in [7, 11) is -4.83. The second-order valence-corrected chi connectivity index (χ2v) is 6.67. The molecule has 2 aromatic carbocycles. The molecule has 2 heterocycles. The van der Waals surface area contributed by atoms with Crippen LogP contribution in [0.25, 0.3) is 0 Å². The van der Waals surface area contributed by atoms with Crippen molar-refractivity contribution in [3.8, 4) is 0 Å². The molecule has 0 aromatic heterocycles. The molecule has 0 spiro atoms. The summed E-state index contributed by atoms with van der Waals surface area (Å²) >= 11 is 0. The van der Waals surface area contributed by atoms with Gasteiger partial charge >= 0.3 is 10.4 Å². The molecular weight excluding hydrogens is 348 g/mol. The Morgan fingerprint density at radius 3 is 1.60 bits per heavy atom. The van der Waals surface area contributed by atoms with E-state index in [2.05, 4.69) is 9.98 Å². The summed E-state index contributed by atoms with van der Waals surface area (Å²) in [5.74, 6) is -4.64. The summed E-state index contributed by atoms with van der Waals surface area (Å²) in [5, 5.41) is 21.0. The molecule has 4 rings (SSSR count). The van der Waals surface area contributed by atoms with Crippen LogP contribution in [0.4, 0.5) is 11.4 Å². The van der Waals surface area contributed by atoms with Crippen LogP contribution in [0.5, 0.6) is 0 Å². The number of aliphatic imine (C=N–C) groups is 2. The summed E-state index contributed by atoms with van der Waals surface area (Å²) in [6.07, 6.45) is 1.89. The third-order valence-corrected chi connectivity index (χ3v) is 4.71. The zero-order valence-electron chi connectivity index (χ0n) is 12.6. The first kappa shape index (κ1) is 16.1. The smallest absolute Gasteiger partial charge is 0.356 e. The molecule has 0 aliphatic carbocycles. The molecule has 0 fully saturated rings. The Kier molecular flexibility index (Phi) is 3.39. The second kappa shape index (κ2) is 5.28. The average molecular weight is 360 g/mol. The van der Waals surface area contributed by atoms with Crippen LogP contribution in [0, 0.1) is 0 Å². The zero-order valence-corrected chi connectivity index (χ0v) is 13.4.